The first-order chi connectivity index (χ1) is 9.02. The van der Waals surface area contributed by atoms with Crippen molar-refractivity contribution >= 4 is 46.1 Å². The zero-order valence-corrected chi connectivity index (χ0v) is 13.7. The maximum atomic E-state index is 6.30. The zero-order chi connectivity index (χ0) is 14.0. The van der Waals surface area contributed by atoms with Crippen LogP contribution < -0.4 is 5.32 Å². The van der Waals surface area contributed by atoms with Crippen molar-refractivity contribution in [1.82, 2.24) is 5.32 Å². The number of aryl methyl sites for hydroxylation is 1. The normalized spacial score (nSPS) is 12.7. The molecule has 5 heteroatoms. The minimum Gasteiger partial charge on any atom is -0.306 e. The molecule has 102 valence electrons. The van der Waals surface area contributed by atoms with E-state index in [0.29, 0.717) is 10.0 Å². The molecule has 2 aromatic rings. The predicted molar refractivity (Wildman–Crippen MR) is 86.0 cm³/mol. The monoisotopic (exact) mass is 333 g/mol. The van der Waals surface area contributed by atoms with Gasteiger partial charge in [-0.2, -0.15) is 0 Å². The Morgan fingerprint density at radius 2 is 1.95 bits per heavy atom. The Morgan fingerprint density at radius 3 is 2.47 bits per heavy atom. The summed E-state index contributed by atoms with van der Waals surface area (Å²) in [5.74, 6) is 0. The molecule has 1 aromatic heterocycles. The Hall–Kier alpha value is -0.250. The third-order valence-electron chi connectivity index (χ3n) is 2.84. The van der Waals surface area contributed by atoms with Crippen LogP contribution in [0.25, 0.3) is 0 Å². The standard InChI is InChI=1S/C14H14Cl3NS/c1-3-18-13(12-6-8(2)14(17)19-12)10-5-4-9(15)7-11(10)16/h4-7,13,18H,3H2,1-2H3. The van der Waals surface area contributed by atoms with Gasteiger partial charge < -0.3 is 5.32 Å². The predicted octanol–water partition coefficient (Wildman–Crippen LogP) is 5.72. The van der Waals surface area contributed by atoms with Crippen molar-refractivity contribution in [3.63, 3.8) is 0 Å². The number of hydrogen-bond acceptors (Lipinski definition) is 2. The molecule has 0 aliphatic heterocycles. The van der Waals surface area contributed by atoms with Crippen LogP contribution in [0.2, 0.25) is 14.4 Å². The quantitative estimate of drug-likeness (QED) is 0.754. The van der Waals surface area contributed by atoms with Crippen molar-refractivity contribution in [2.75, 3.05) is 6.54 Å². The van der Waals surface area contributed by atoms with Crippen molar-refractivity contribution in [1.29, 1.82) is 0 Å². The van der Waals surface area contributed by atoms with E-state index in [-0.39, 0.29) is 6.04 Å². The molecule has 1 atom stereocenters. The lowest BCUT2D eigenvalue weighted by molar-refractivity contribution is 0.640. The number of thiophene rings is 1. The highest BCUT2D eigenvalue weighted by molar-refractivity contribution is 7.16. The van der Waals surface area contributed by atoms with Gasteiger partial charge in [0.15, 0.2) is 0 Å². The number of benzene rings is 1. The minimum atomic E-state index is 0.0472. The molecule has 1 N–H and O–H groups in total. The Balaban J connectivity index is 2.44. The van der Waals surface area contributed by atoms with E-state index in [1.54, 1.807) is 17.4 Å². The van der Waals surface area contributed by atoms with Gasteiger partial charge in [-0.05, 0) is 42.8 Å². The van der Waals surface area contributed by atoms with Crippen molar-refractivity contribution in [3.05, 3.63) is 54.7 Å². The van der Waals surface area contributed by atoms with Crippen LogP contribution in [-0.4, -0.2) is 6.54 Å². The summed E-state index contributed by atoms with van der Waals surface area (Å²) in [7, 11) is 0. The Kier molecular flexibility index (Phi) is 5.15. The van der Waals surface area contributed by atoms with Crippen LogP contribution in [0.3, 0.4) is 0 Å². The average Bonchev–Trinajstić information content (AvgIpc) is 2.67. The summed E-state index contributed by atoms with van der Waals surface area (Å²) in [6.45, 7) is 4.92. The summed E-state index contributed by atoms with van der Waals surface area (Å²) in [4.78, 5) is 1.16. The van der Waals surface area contributed by atoms with E-state index in [2.05, 4.69) is 18.3 Å². The van der Waals surface area contributed by atoms with E-state index in [1.165, 1.54) is 0 Å². The lowest BCUT2D eigenvalue weighted by Gasteiger charge is -2.18. The highest BCUT2D eigenvalue weighted by Gasteiger charge is 2.19. The molecule has 0 fully saturated rings. The second kappa shape index (κ2) is 6.47. The first kappa shape index (κ1) is 15.1. The largest absolute Gasteiger partial charge is 0.306 e. The fourth-order valence-electron chi connectivity index (χ4n) is 1.93. The molecule has 1 nitrogen and oxygen atoms in total. The Morgan fingerprint density at radius 1 is 1.21 bits per heavy atom. The molecule has 0 saturated carbocycles. The van der Waals surface area contributed by atoms with Gasteiger partial charge in [0.25, 0.3) is 0 Å². The first-order valence-electron chi connectivity index (χ1n) is 5.97. The fraction of sp³-hybridized carbons (Fsp3) is 0.286. The van der Waals surface area contributed by atoms with Crippen LogP contribution in [0.4, 0.5) is 0 Å². The van der Waals surface area contributed by atoms with Crippen molar-refractivity contribution in [2.24, 2.45) is 0 Å². The molecule has 2 rings (SSSR count). The highest BCUT2D eigenvalue weighted by atomic mass is 35.5. The van der Waals surface area contributed by atoms with Gasteiger partial charge in [0.2, 0.25) is 0 Å². The van der Waals surface area contributed by atoms with Crippen LogP contribution in [0.5, 0.6) is 0 Å². The molecule has 0 radical (unpaired) electrons. The van der Waals surface area contributed by atoms with Gasteiger partial charge in [0, 0.05) is 14.9 Å². The maximum absolute atomic E-state index is 6.30. The molecular weight excluding hydrogens is 321 g/mol. The molecule has 0 bridgehead atoms. The molecule has 1 heterocycles. The van der Waals surface area contributed by atoms with Crippen molar-refractivity contribution in [2.45, 2.75) is 19.9 Å². The van der Waals surface area contributed by atoms with Crippen LogP contribution >= 0.6 is 46.1 Å². The summed E-state index contributed by atoms with van der Waals surface area (Å²) < 4.78 is 0.822. The summed E-state index contributed by atoms with van der Waals surface area (Å²) in [5, 5.41) is 4.75. The van der Waals surface area contributed by atoms with E-state index >= 15 is 0 Å². The van der Waals surface area contributed by atoms with Gasteiger partial charge in [-0.3, -0.25) is 0 Å². The van der Waals surface area contributed by atoms with Crippen LogP contribution in [-0.2, 0) is 0 Å². The zero-order valence-electron chi connectivity index (χ0n) is 10.6. The van der Waals surface area contributed by atoms with Gasteiger partial charge >= 0.3 is 0 Å². The molecule has 0 saturated heterocycles. The molecule has 0 spiro atoms. The van der Waals surface area contributed by atoms with E-state index in [0.717, 1.165) is 26.9 Å². The lowest BCUT2D eigenvalue weighted by atomic mass is 10.0. The van der Waals surface area contributed by atoms with Crippen molar-refractivity contribution in [3.8, 4) is 0 Å². The van der Waals surface area contributed by atoms with Crippen LogP contribution in [0.1, 0.15) is 29.0 Å². The maximum Gasteiger partial charge on any atom is 0.0961 e. The molecular formula is C14H14Cl3NS. The first-order valence-corrected chi connectivity index (χ1v) is 7.92. The second-order valence-electron chi connectivity index (χ2n) is 4.26. The molecule has 0 aliphatic rings. The van der Waals surface area contributed by atoms with Crippen LogP contribution in [0.15, 0.2) is 24.3 Å². The lowest BCUT2D eigenvalue weighted by Crippen LogP contribution is -2.21. The molecule has 1 unspecified atom stereocenters. The van der Waals surface area contributed by atoms with Gasteiger partial charge in [0.1, 0.15) is 0 Å². The third kappa shape index (κ3) is 3.45. The summed E-state index contributed by atoms with van der Waals surface area (Å²) in [5.41, 5.74) is 2.11. The summed E-state index contributed by atoms with van der Waals surface area (Å²) >= 11 is 20.0. The SMILES string of the molecule is CCNC(c1cc(C)c(Cl)s1)c1ccc(Cl)cc1Cl. The average molecular weight is 335 g/mol. The third-order valence-corrected chi connectivity index (χ3v) is 5.02. The van der Waals surface area contributed by atoms with Crippen LogP contribution in [0, 0.1) is 6.92 Å². The van der Waals surface area contributed by atoms with E-state index < -0.39 is 0 Å². The summed E-state index contributed by atoms with van der Waals surface area (Å²) in [6.07, 6.45) is 0. The Labute approximate surface area is 132 Å². The molecule has 0 amide bonds. The highest BCUT2D eigenvalue weighted by Crippen LogP contribution is 2.37. The van der Waals surface area contributed by atoms with Gasteiger partial charge in [-0.15, -0.1) is 11.3 Å². The van der Waals surface area contributed by atoms with Gasteiger partial charge in [-0.1, -0.05) is 47.8 Å². The number of halogens is 3. The molecule has 0 aliphatic carbocycles. The topological polar surface area (TPSA) is 12.0 Å². The fourth-order valence-corrected chi connectivity index (χ4v) is 3.76. The van der Waals surface area contributed by atoms with E-state index in [1.807, 2.05) is 19.1 Å². The molecule has 19 heavy (non-hydrogen) atoms. The minimum absolute atomic E-state index is 0.0472. The van der Waals surface area contributed by atoms with E-state index in [4.69, 9.17) is 34.8 Å². The van der Waals surface area contributed by atoms with Gasteiger partial charge in [0.05, 0.1) is 10.4 Å². The number of hydrogen-bond donors (Lipinski definition) is 1. The second-order valence-corrected chi connectivity index (χ2v) is 6.79. The molecule has 1 aromatic carbocycles. The Bertz CT molecular complexity index is 561. The summed E-state index contributed by atoms with van der Waals surface area (Å²) in [6, 6.07) is 7.73. The van der Waals surface area contributed by atoms with E-state index in [9.17, 15) is 0 Å². The smallest absolute Gasteiger partial charge is 0.0961 e. The number of rotatable bonds is 4. The van der Waals surface area contributed by atoms with Gasteiger partial charge in [-0.25, -0.2) is 0 Å². The van der Waals surface area contributed by atoms with Crippen molar-refractivity contribution < 1.29 is 0 Å². The number of nitrogens with one attached hydrogen (secondary N) is 1.